The Hall–Kier alpha value is -3.15. The number of rotatable bonds is 5. The fourth-order valence-electron chi connectivity index (χ4n) is 3.27. The normalized spacial score (nSPS) is 14.3. The third-order valence-corrected chi connectivity index (χ3v) is 4.70. The summed E-state index contributed by atoms with van der Waals surface area (Å²) >= 11 is 0. The number of pyridine rings is 1. The first-order valence-electron chi connectivity index (χ1n) is 9.32. The van der Waals surface area contributed by atoms with Crippen LogP contribution < -0.4 is 15.1 Å². The lowest BCUT2D eigenvalue weighted by atomic mass is 10.2. The van der Waals surface area contributed by atoms with E-state index in [2.05, 4.69) is 55.4 Å². The van der Waals surface area contributed by atoms with Crippen molar-refractivity contribution in [3.05, 3.63) is 72.2 Å². The molecule has 27 heavy (non-hydrogen) atoms. The molecule has 1 aliphatic heterocycles. The first kappa shape index (κ1) is 17.3. The van der Waals surface area contributed by atoms with E-state index in [1.165, 1.54) is 5.69 Å². The number of piperazine rings is 1. The number of aromatic nitrogens is 3. The van der Waals surface area contributed by atoms with Crippen LogP contribution in [0.25, 0.3) is 0 Å². The molecule has 6 nitrogen and oxygen atoms in total. The largest absolute Gasteiger partial charge is 0.368 e. The van der Waals surface area contributed by atoms with Crippen molar-refractivity contribution in [3.63, 3.8) is 0 Å². The van der Waals surface area contributed by atoms with E-state index in [1.807, 2.05) is 31.2 Å². The van der Waals surface area contributed by atoms with Gasteiger partial charge in [0.05, 0.1) is 12.2 Å². The van der Waals surface area contributed by atoms with Gasteiger partial charge >= 0.3 is 0 Å². The highest BCUT2D eigenvalue weighted by atomic mass is 15.3. The SMILES string of the molecule is Cc1cc(NCc2ccccn2)nc(N2CCN(c3ccccc3)CC2)n1. The van der Waals surface area contributed by atoms with Crippen LogP contribution in [-0.4, -0.2) is 41.1 Å². The number of benzene rings is 1. The highest BCUT2D eigenvalue weighted by molar-refractivity contribution is 5.49. The van der Waals surface area contributed by atoms with Gasteiger partial charge < -0.3 is 15.1 Å². The summed E-state index contributed by atoms with van der Waals surface area (Å²) in [5.74, 6) is 1.64. The van der Waals surface area contributed by atoms with Crippen LogP contribution in [0.3, 0.4) is 0 Å². The van der Waals surface area contributed by atoms with Crippen molar-refractivity contribution in [3.8, 4) is 0 Å². The lowest BCUT2D eigenvalue weighted by Crippen LogP contribution is -2.47. The maximum Gasteiger partial charge on any atom is 0.227 e. The summed E-state index contributed by atoms with van der Waals surface area (Å²) in [6, 6.07) is 18.5. The summed E-state index contributed by atoms with van der Waals surface area (Å²) in [6.07, 6.45) is 1.81. The van der Waals surface area contributed by atoms with E-state index >= 15 is 0 Å². The first-order chi connectivity index (χ1) is 13.3. The number of para-hydroxylation sites is 1. The van der Waals surface area contributed by atoms with Gasteiger partial charge in [-0.3, -0.25) is 4.98 Å². The molecule has 0 aliphatic carbocycles. The molecule has 0 radical (unpaired) electrons. The van der Waals surface area contributed by atoms with Gasteiger partial charge in [-0.25, -0.2) is 4.98 Å². The molecule has 0 atom stereocenters. The molecule has 0 saturated carbocycles. The van der Waals surface area contributed by atoms with Gasteiger partial charge in [0.2, 0.25) is 5.95 Å². The van der Waals surface area contributed by atoms with Gasteiger partial charge in [-0.15, -0.1) is 0 Å². The average Bonchev–Trinajstić information content (AvgIpc) is 2.73. The second-order valence-electron chi connectivity index (χ2n) is 6.68. The van der Waals surface area contributed by atoms with Crippen LogP contribution in [0.2, 0.25) is 0 Å². The third-order valence-electron chi connectivity index (χ3n) is 4.70. The number of nitrogens with zero attached hydrogens (tertiary/aromatic N) is 5. The Bertz CT molecular complexity index is 860. The third kappa shape index (κ3) is 4.34. The molecule has 1 N–H and O–H groups in total. The van der Waals surface area contributed by atoms with Gasteiger partial charge in [-0.1, -0.05) is 24.3 Å². The quantitative estimate of drug-likeness (QED) is 0.754. The summed E-state index contributed by atoms with van der Waals surface area (Å²) < 4.78 is 0. The van der Waals surface area contributed by atoms with Crippen molar-refractivity contribution in [2.45, 2.75) is 13.5 Å². The predicted molar refractivity (Wildman–Crippen MR) is 109 cm³/mol. The Morgan fingerprint density at radius 2 is 1.63 bits per heavy atom. The van der Waals surface area contributed by atoms with Gasteiger partial charge in [0.15, 0.2) is 0 Å². The van der Waals surface area contributed by atoms with Crippen LogP contribution in [-0.2, 0) is 6.54 Å². The molecule has 1 aliphatic rings. The molecule has 0 amide bonds. The van der Waals surface area contributed by atoms with Gasteiger partial charge in [-0.05, 0) is 31.2 Å². The van der Waals surface area contributed by atoms with Crippen LogP contribution in [0, 0.1) is 6.92 Å². The topological polar surface area (TPSA) is 57.2 Å². The highest BCUT2D eigenvalue weighted by Crippen LogP contribution is 2.19. The minimum absolute atomic E-state index is 0.651. The minimum Gasteiger partial charge on any atom is -0.368 e. The fourth-order valence-corrected chi connectivity index (χ4v) is 3.27. The van der Waals surface area contributed by atoms with E-state index in [-0.39, 0.29) is 0 Å². The van der Waals surface area contributed by atoms with Crippen molar-refractivity contribution < 1.29 is 0 Å². The minimum atomic E-state index is 0.651. The molecular weight excluding hydrogens is 336 g/mol. The number of hydrogen-bond acceptors (Lipinski definition) is 6. The van der Waals surface area contributed by atoms with Gasteiger partial charge in [0.1, 0.15) is 5.82 Å². The first-order valence-corrected chi connectivity index (χ1v) is 9.32. The predicted octanol–water partition coefficient (Wildman–Crippen LogP) is 3.12. The maximum absolute atomic E-state index is 4.73. The van der Waals surface area contributed by atoms with E-state index < -0.39 is 0 Å². The van der Waals surface area contributed by atoms with Crippen molar-refractivity contribution in [1.29, 1.82) is 0 Å². The molecular formula is C21H24N6. The summed E-state index contributed by atoms with van der Waals surface area (Å²) in [5, 5.41) is 3.37. The van der Waals surface area contributed by atoms with E-state index in [1.54, 1.807) is 6.20 Å². The molecule has 4 rings (SSSR count). The number of anilines is 3. The zero-order chi connectivity index (χ0) is 18.5. The monoisotopic (exact) mass is 360 g/mol. The van der Waals surface area contributed by atoms with Crippen molar-refractivity contribution in [2.75, 3.05) is 41.3 Å². The highest BCUT2D eigenvalue weighted by Gasteiger charge is 2.19. The second-order valence-corrected chi connectivity index (χ2v) is 6.68. The smallest absolute Gasteiger partial charge is 0.227 e. The number of nitrogens with one attached hydrogen (secondary N) is 1. The molecule has 1 aromatic carbocycles. The lowest BCUT2D eigenvalue weighted by Gasteiger charge is -2.36. The van der Waals surface area contributed by atoms with E-state index in [0.29, 0.717) is 6.54 Å². The van der Waals surface area contributed by atoms with Crippen LogP contribution in [0.5, 0.6) is 0 Å². The average molecular weight is 360 g/mol. The zero-order valence-electron chi connectivity index (χ0n) is 15.5. The van der Waals surface area contributed by atoms with Crippen LogP contribution in [0.4, 0.5) is 17.5 Å². The van der Waals surface area contributed by atoms with E-state index in [9.17, 15) is 0 Å². The van der Waals surface area contributed by atoms with Gasteiger partial charge in [-0.2, -0.15) is 4.98 Å². The van der Waals surface area contributed by atoms with Crippen molar-refractivity contribution in [1.82, 2.24) is 15.0 Å². The number of aryl methyl sites for hydroxylation is 1. The van der Waals surface area contributed by atoms with Crippen molar-refractivity contribution in [2.24, 2.45) is 0 Å². The number of hydrogen-bond donors (Lipinski definition) is 1. The Morgan fingerprint density at radius 1 is 0.889 bits per heavy atom. The van der Waals surface area contributed by atoms with Crippen LogP contribution in [0.15, 0.2) is 60.8 Å². The Labute approximate surface area is 159 Å². The van der Waals surface area contributed by atoms with Crippen LogP contribution in [0.1, 0.15) is 11.4 Å². The van der Waals surface area contributed by atoms with Crippen LogP contribution >= 0.6 is 0 Å². The van der Waals surface area contributed by atoms with Gasteiger partial charge in [0, 0.05) is 49.8 Å². The maximum atomic E-state index is 4.73. The molecule has 6 heteroatoms. The van der Waals surface area contributed by atoms with E-state index in [4.69, 9.17) is 4.98 Å². The Kier molecular flexibility index (Phi) is 5.14. The molecule has 1 saturated heterocycles. The molecule has 2 aromatic heterocycles. The zero-order valence-corrected chi connectivity index (χ0v) is 15.5. The summed E-state index contributed by atoms with van der Waals surface area (Å²) in [5.41, 5.74) is 3.24. The molecule has 0 spiro atoms. The second kappa shape index (κ2) is 8.03. The molecule has 3 heterocycles. The van der Waals surface area contributed by atoms with Crippen molar-refractivity contribution >= 4 is 17.5 Å². The fraction of sp³-hybridized carbons (Fsp3) is 0.286. The Morgan fingerprint density at radius 3 is 2.37 bits per heavy atom. The Balaban J connectivity index is 1.41. The summed E-state index contributed by atoms with van der Waals surface area (Å²) in [4.78, 5) is 18.4. The summed E-state index contributed by atoms with van der Waals surface area (Å²) in [7, 11) is 0. The molecule has 3 aromatic rings. The van der Waals surface area contributed by atoms with Gasteiger partial charge in [0.25, 0.3) is 0 Å². The standard InChI is InChI=1S/C21H24N6/c1-17-15-20(23-16-18-7-5-6-10-22-18)25-21(24-17)27-13-11-26(12-14-27)19-8-3-2-4-9-19/h2-10,15H,11-14,16H2,1H3,(H,23,24,25). The lowest BCUT2D eigenvalue weighted by molar-refractivity contribution is 0.639. The molecule has 138 valence electrons. The molecule has 1 fully saturated rings. The van der Waals surface area contributed by atoms with E-state index in [0.717, 1.165) is 49.3 Å². The molecule has 0 bridgehead atoms. The molecule has 0 unspecified atom stereocenters. The summed E-state index contributed by atoms with van der Waals surface area (Å²) in [6.45, 7) is 6.43.